The molecule has 0 aliphatic carbocycles. The number of ether oxygens (including phenoxy) is 1. The second-order valence-electron chi connectivity index (χ2n) is 4.95. The lowest BCUT2D eigenvalue weighted by Gasteiger charge is -2.18. The molecule has 1 atom stereocenters. The molecule has 2 rings (SSSR count). The van der Waals surface area contributed by atoms with Gasteiger partial charge >= 0.3 is 6.18 Å². The Morgan fingerprint density at radius 3 is 2.82 bits per heavy atom. The minimum absolute atomic E-state index is 0.0141. The lowest BCUT2D eigenvalue weighted by atomic mass is 10.3. The van der Waals surface area contributed by atoms with Crippen LogP contribution in [0.15, 0.2) is 6.33 Å². The first-order chi connectivity index (χ1) is 10.3. The van der Waals surface area contributed by atoms with E-state index in [1.807, 2.05) is 0 Å². The van der Waals surface area contributed by atoms with Crippen molar-refractivity contribution in [3.05, 3.63) is 17.8 Å². The van der Waals surface area contributed by atoms with Gasteiger partial charge in [-0.1, -0.05) is 6.92 Å². The van der Waals surface area contributed by atoms with Crippen LogP contribution in [-0.2, 0) is 11.2 Å². The van der Waals surface area contributed by atoms with Crippen LogP contribution >= 0.6 is 0 Å². The fourth-order valence-electron chi connectivity index (χ4n) is 2.21. The molecule has 2 heterocycles. The summed E-state index contributed by atoms with van der Waals surface area (Å²) < 4.78 is 55.9. The highest BCUT2D eigenvalue weighted by molar-refractivity contribution is 5.77. The van der Waals surface area contributed by atoms with Crippen LogP contribution in [0.25, 0.3) is 0 Å². The Morgan fingerprint density at radius 1 is 1.45 bits per heavy atom. The van der Waals surface area contributed by atoms with E-state index in [1.54, 1.807) is 6.92 Å². The molecule has 0 saturated carbocycles. The number of rotatable bonds is 4. The predicted molar refractivity (Wildman–Crippen MR) is 67.7 cm³/mol. The van der Waals surface area contributed by atoms with Crippen LogP contribution in [0.2, 0.25) is 0 Å². The fourth-order valence-corrected chi connectivity index (χ4v) is 2.21. The van der Waals surface area contributed by atoms with Gasteiger partial charge in [0.1, 0.15) is 18.9 Å². The van der Waals surface area contributed by atoms with Crippen LogP contribution in [0.4, 0.5) is 17.6 Å². The minimum Gasteiger partial charge on any atom is -0.470 e. The zero-order valence-electron chi connectivity index (χ0n) is 11.9. The number of aromatic nitrogens is 2. The van der Waals surface area contributed by atoms with Crippen molar-refractivity contribution < 1.29 is 27.1 Å². The Morgan fingerprint density at radius 2 is 2.18 bits per heavy atom. The number of halogens is 4. The van der Waals surface area contributed by atoms with Gasteiger partial charge in [0.15, 0.2) is 0 Å². The van der Waals surface area contributed by atoms with Gasteiger partial charge in [-0.05, 0) is 6.42 Å². The van der Waals surface area contributed by atoms with Crippen molar-refractivity contribution in [1.82, 2.24) is 14.9 Å². The number of alkyl halides is 3. The molecule has 1 aliphatic heterocycles. The molecule has 0 aromatic carbocycles. The van der Waals surface area contributed by atoms with Gasteiger partial charge in [-0.25, -0.2) is 4.98 Å². The Hall–Kier alpha value is -1.93. The van der Waals surface area contributed by atoms with E-state index < -0.39 is 30.4 Å². The second-order valence-corrected chi connectivity index (χ2v) is 4.95. The summed E-state index contributed by atoms with van der Waals surface area (Å²) in [5, 5.41) is 0. The summed E-state index contributed by atoms with van der Waals surface area (Å²) in [6.07, 6.45) is -4.75. The molecule has 1 aliphatic rings. The Balaban J connectivity index is 1.96. The van der Waals surface area contributed by atoms with Gasteiger partial charge in [0.05, 0.1) is 12.2 Å². The highest BCUT2D eigenvalue weighted by Gasteiger charge is 2.36. The maximum absolute atomic E-state index is 13.9. The molecule has 1 amide bonds. The summed E-state index contributed by atoms with van der Waals surface area (Å²) in [6, 6.07) is 0. The first-order valence-corrected chi connectivity index (χ1v) is 6.80. The average molecular weight is 321 g/mol. The van der Waals surface area contributed by atoms with E-state index >= 15 is 0 Å². The smallest absolute Gasteiger partial charge is 0.397 e. The monoisotopic (exact) mass is 321 g/mol. The molecule has 122 valence electrons. The third-order valence-corrected chi connectivity index (χ3v) is 3.29. The predicted octanol–water partition coefficient (Wildman–Crippen LogP) is 2.11. The van der Waals surface area contributed by atoms with Crippen molar-refractivity contribution in [3.8, 4) is 5.88 Å². The van der Waals surface area contributed by atoms with Gasteiger partial charge in [-0.15, -0.1) is 0 Å². The molecule has 1 unspecified atom stereocenters. The van der Waals surface area contributed by atoms with Crippen molar-refractivity contribution in [2.45, 2.75) is 38.5 Å². The molecule has 0 N–H and O–H groups in total. The van der Waals surface area contributed by atoms with E-state index in [2.05, 4.69) is 9.97 Å². The number of aryl methyl sites for hydroxylation is 1. The molecule has 5 nitrogen and oxygen atoms in total. The molecule has 9 heteroatoms. The molecule has 1 aromatic heterocycles. The van der Waals surface area contributed by atoms with E-state index in [0.29, 0.717) is 12.8 Å². The standard InChI is InChI=1S/C13H15F4N3O2/c1-2-9-11(14)12(19-7-18-9)22-8-3-4-20(6-8)10(21)5-13(15,16)17/h7-8H,2-6H2,1H3. The van der Waals surface area contributed by atoms with Crippen LogP contribution in [0.3, 0.4) is 0 Å². The Kier molecular flexibility index (Phi) is 4.82. The summed E-state index contributed by atoms with van der Waals surface area (Å²) >= 11 is 0. The van der Waals surface area contributed by atoms with E-state index in [0.717, 1.165) is 4.90 Å². The zero-order chi connectivity index (χ0) is 16.3. The van der Waals surface area contributed by atoms with Gasteiger partial charge in [0.25, 0.3) is 5.88 Å². The second kappa shape index (κ2) is 6.45. The van der Waals surface area contributed by atoms with Crippen LogP contribution in [-0.4, -0.2) is 46.1 Å². The van der Waals surface area contributed by atoms with Gasteiger partial charge in [-0.3, -0.25) is 4.79 Å². The van der Waals surface area contributed by atoms with Crippen molar-refractivity contribution in [2.24, 2.45) is 0 Å². The number of carbonyl (C=O) groups is 1. The molecular weight excluding hydrogens is 306 g/mol. The summed E-state index contributed by atoms with van der Waals surface area (Å²) in [7, 11) is 0. The summed E-state index contributed by atoms with van der Waals surface area (Å²) in [6.45, 7) is 1.86. The lowest BCUT2D eigenvalue weighted by Crippen LogP contribution is -2.34. The lowest BCUT2D eigenvalue weighted by molar-refractivity contribution is -0.160. The summed E-state index contributed by atoms with van der Waals surface area (Å²) in [5.74, 6) is -1.91. The van der Waals surface area contributed by atoms with E-state index in [-0.39, 0.29) is 24.7 Å². The molecule has 0 radical (unpaired) electrons. The van der Waals surface area contributed by atoms with Gasteiger partial charge in [0, 0.05) is 13.0 Å². The van der Waals surface area contributed by atoms with Crippen LogP contribution in [0, 0.1) is 5.82 Å². The number of likely N-dealkylation sites (tertiary alicyclic amines) is 1. The molecular formula is C13H15F4N3O2. The number of carbonyl (C=O) groups excluding carboxylic acids is 1. The van der Waals surface area contributed by atoms with Gasteiger partial charge < -0.3 is 9.64 Å². The SMILES string of the molecule is CCc1ncnc(OC2CCN(C(=O)CC(F)(F)F)C2)c1F. The van der Waals surface area contributed by atoms with Crippen LogP contribution in [0.1, 0.15) is 25.5 Å². The maximum atomic E-state index is 13.9. The first kappa shape index (κ1) is 16.4. The summed E-state index contributed by atoms with van der Waals surface area (Å²) in [4.78, 5) is 20.0. The Bertz CT molecular complexity index is 551. The van der Waals surface area contributed by atoms with Crippen molar-refractivity contribution in [2.75, 3.05) is 13.1 Å². The largest absolute Gasteiger partial charge is 0.470 e. The third-order valence-electron chi connectivity index (χ3n) is 3.29. The molecule has 1 saturated heterocycles. The van der Waals surface area contributed by atoms with E-state index in [9.17, 15) is 22.4 Å². The quantitative estimate of drug-likeness (QED) is 0.797. The molecule has 22 heavy (non-hydrogen) atoms. The maximum Gasteiger partial charge on any atom is 0.397 e. The highest BCUT2D eigenvalue weighted by Crippen LogP contribution is 2.24. The molecule has 0 bridgehead atoms. The van der Waals surface area contributed by atoms with Crippen LogP contribution in [0.5, 0.6) is 5.88 Å². The molecule has 1 aromatic rings. The fraction of sp³-hybridized carbons (Fsp3) is 0.615. The molecule has 1 fully saturated rings. The van der Waals surface area contributed by atoms with E-state index in [1.165, 1.54) is 6.33 Å². The van der Waals surface area contributed by atoms with Crippen LogP contribution < -0.4 is 4.74 Å². The first-order valence-electron chi connectivity index (χ1n) is 6.80. The van der Waals surface area contributed by atoms with Crippen molar-refractivity contribution in [1.29, 1.82) is 0 Å². The zero-order valence-corrected chi connectivity index (χ0v) is 11.9. The number of nitrogens with zero attached hydrogens (tertiary/aromatic N) is 3. The summed E-state index contributed by atoms with van der Waals surface area (Å²) in [5.41, 5.74) is 0.202. The minimum atomic E-state index is -4.54. The number of hydrogen-bond donors (Lipinski definition) is 0. The van der Waals surface area contributed by atoms with Gasteiger partial charge in [-0.2, -0.15) is 22.5 Å². The van der Waals surface area contributed by atoms with E-state index in [4.69, 9.17) is 4.74 Å². The van der Waals surface area contributed by atoms with Crippen molar-refractivity contribution >= 4 is 5.91 Å². The normalized spacial score (nSPS) is 18.6. The highest BCUT2D eigenvalue weighted by atomic mass is 19.4. The average Bonchev–Trinajstić information content (AvgIpc) is 2.88. The van der Waals surface area contributed by atoms with Gasteiger partial charge in [0.2, 0.25) is 11.7 Å². The van der Waals surface area contributed by atoms with Crippen molar-refractivity contribution in [3.63, 3.8) is 0 Å². The number of amides is 1. The molecule has 0 spiro atoms. The third kappa shape index (κ3) is 4.05. The number of hydrogen-bond acceptors (Lipinski definition) is 4. The Labute approximate surface area is 124 Å². The topological polar surface area (TPSA) is 55.3 Å².